The van der Waals surface area contributed by atoms with Crippen LogP contribution in [0.5, 0.6) is 5.75 Å². The summed E-state index contributed by atoms with van der Waals surface area (Å²) < 4.78 is 5.88. The van der Waals surface area contributed by atoms with Gasteiger partial charge in [0.15, 0.2) is 0 Å². The second-order valence-corrected chi connectivity index (χ2v) is 7.28. The van der Waals surface area contributed by atoms with Crippen LogP contribution in [-0.2, 0) is 13.0 Å². The average molecular weight is 365 g/mol. The standard InChI is InChI=1S/C22H23NO2S/c1-16-8-9-20(17(2)12-16)25-14-19-13-21(26-15-19)22(24)23-11-10-18-6-4-3-5-7-18/h3-9,12-13,15H,10-11,14H2,1-2H3,(H,23,24). The first-order valence-electron chi connectivity index (χ1n) is 8.71. The molecule has 0 saturated heterocycles. The van der Waals surface area contributed by atoms with Crippen LogP contribution in [0.1, 0.15) is 31.9 Å². The lowest BCUT2D eigenvalue weighted by molar-refractivity contribution is 0.0958. The molecule has 3 nitrogen and oxygen atoms in total. The summed E-state index contributed by atoms with van der Waals surface area (Å²) in [6.07, 6.45) is 0.834. The molecule has 134 valence electrons. The maximum atomic E-state index is 12.3. The van der Waals surface area contributed by atoms with E-state index in [0.717, 1.165) is 28.2 Å². The summed E-state index contributed by atoms with van der Waals surface area (Å²) in [6, 6.07) is 18.2. The molecule has 0 spiro atoms. The number of ether oxygens (including phenoxy) is 1. The third-order valence-corrected chi connectivity index (χ3v) is 5.12. The van der Waals surface area contributed by atoms with Gasteiger partial charge in [0.25, 0.3) is 5.91 Å². The van der Waals surface area contributed by atoms with Crippen LogP contribution in [0.4, 0.5) is 0 Å². The Morgan fingerprint density at radius 2 is 1.85 bits per heavy atom. The van der Waals surface area contributed by atoms with Gasteiger partial charge in [0.2, 0.25) is 0 Å². The summed E-state index contributed by atoms with van der Waals surface area (Å²) in [6.45, 7) is 5.22. The number of amides is 1. The fourth-order valence-electron chi connectivity index (χ4n) is 2.74. The maximum absolute atomic E-state index is 12.3. The molecular formula is C22H23NO2S. The summed E-state index contributed by atoms with van der Waals surface area (Å²) in [5.41, 5.74) is 4.59. The lowest BCUT2D eigenvalue weighted by atomic mass is 10.1. The number of hydrogen-bond donors (Lipinski definition) is 1. The first-order chi connectivity index (χ1) is 12.6. The predicted molar refractivity (Wildman–Crippen MR) is 107 cm³/mol. The van der Waals surface area contributed by atoms with E-state index in [9.17, 15) is 4.79 Å². The Morgan fingerprint density at radius 1 is 1.04 bits per heavy atom. The monoisotopic (exact) mass is 365 g/mol. The summed E-state index contributed by atoms with van der Waals surface area (Å²) in [4.78, 5) is 13.0. The molecule has 0 aliphatic carbocycles. The van der Waals surface area contributed by atoms with Gasteiger partial charge in [0, 0.05) is 12.1 Å². The number of benzene rings is 2. The highest BCUT2D eigenvalue weighted by Crippen LogP contribution is 2.22. The molecular weight excluding hydrogens is 342 g/mol. The lowest BCUT2D eigenvalue weighted by Crippen LogP contribution is -2.24. The van der Waals surface area contributed by atoms with Gasteiger partial charge in [0.05, 0.1) is 4.88 Å². The van der Waals surface area contributed by atoms with Gasteiger partial charge in [-0.1, -0.05) is 48.0 Å². The zero-order chi connectivity index (χ0) is 18.4. The van der Waals surface area contributed by atoms with Crippen molar-refractivity contribution in [1.29, 1.82) is 0 Å². The topological polar surface area (TPSA) is 38.3 Å². The molecule has 3 rings (SSSR count). The Kier molecular flexibility index (Phi) is 6.08. The van der Waals surface area contributed by atoms with Crippen LogP contribution in [0.2, 0.25) is 0 Å². The number of thiophene rings is 1. The molecule has 2 aromatic carbocycles. The number of carbonyl (C=O) groups excluding carboxylic acids is 1. The zero-order valence-electron chi connectivity index (χ0n) is 15.1. The Morgan fingerprint density at radius 3 is 2.62 bits per heavy atom. The minimum absolute atomic E-state index is 0.0244. The van der Waals surface area contributed by atoms with Crippen LogP contribution in [-0.4, -0.2) is 12.5 Å². The van der Waals surface area contributed by atoms with Gasteiger partial charge in [-0.3, -0.25) is 4.79 Å². The number of aryl methyl sites for hydroxylation is 2. The van der Waals surface area contributed by atoms with Crippen molar-refractivity contribution in [3.05, 3.63) is 87.1 Å². The molecule has 0 unspecified atom stereocenters. The van der Waals surface area contributed by atoms with Crippen molar-refractivity contribution in [2.24, 2.45) is 0 Å². The van der Waals surface area contributed by atoms with E-state index in [1.807, 2.05) is 48.7 Å². The lowest BCUT2D eigenvalue weighted by Gasteiger charge is -2.08. The third-order valence-electron chi connectivity index (χ3n) is 4.14. The molecule has 0 aliphatic heterocycles. The molecule has 0 saturated carbocycles. The van der Waals surface area contributed by atoms with Crippen molar-refractivity contribution >= 4 is 17.2 Å². The Labute approximate surface area is 158 Å². The molecule has 26 heavy (non-hydrogen) atoms. The van der Waals surface area contributed by atoms with E-state index in [-0.39, 0.29) is 5.91 Å². The van der Waals surface area contributed by atoms with Crippen molar-refractivity contribution < 1.29 is 9.53 Å². The van der Waals surface area contributed by atoms with Crippen LogP contribution < -0.4 is 10.1 Å². The molecule has 1 heterocycles. The summed E-state index contributed by atoms with van der Waals surface area (Å²) in [7, 11) is 0. The van der Waals surface area contributed by atoms with Crippen LogP contribution in [0.3, 0.4) is 0 Å². The average Bonchev–Trinajstić information content (AvgIpc) is 3.11. The van der Waals surface area contributed by atoms with Gasteiger partial charge >= 0.3 is 0 Å². The van der Waals surface area contributed by atoms with Crippen molar-refractivity contribution in [2.45, 2.75) is 26.9 Å². The molecule has 3 aromatic rings. The van der Waals surface area contributed by atoms with Gasteiger partial charge < -0.3 is 10.1 Å². The van der Waals surface area contributed by atoms with E-state index >= 15 is 0 Å². The number of nitrogens with one attached hydrogen (secondary N) is 1. The molecule has 1 aromatic heterocycles. The van der Waals surface area contributed by atoms with E-state index in [1.54, 1.807) is 0 Å². The van der Waals surface area contributed by atoms with E-state index in [2.05, 4.69) is 30.4 Å². The van der Waals surface area contributed by atoms with E-state index in [4.69, 9.17) is 4.74 Å². The van der Waals surface area contributed by atoms with Crippen molar-refractivity contribution in [1.82, 2.24) is 5.32 Å². The third kappa shape index (κ3) is 4.96. The fraction of sp³-hybridized carbons (Fsp3) is 0.227. The second kappa shape index (κ2) is 8.68. The van der Waals surface area contributed by atoms with Crippen molar-refractivity contribution in [3.8, 4) is 5.75 Å². The quantitative estimate of drug-likeness (QED) is 0.646. The van der Waals surface area contributed by atoms with Crippen LogP contribution in [0.25, 0.3) is 0 Å². The molecule has 0 aliphatic rings. The predicted octanol–water partition coefficient (Wildman–Crippen LogP) is 4.92. The molecule has 0 bridgehead atoms. The summed E-state index contributed by atoms with van der Waals surface area (Å²) in [5.74, 6) is 0.861. The Hall–Kier alpha value is -2.59. The molecule has 1 N–H and O–H groups in total. The van der Waals surface area contributed by atoms with E-state index in [0.29, 0.717) is 13.2 Å². The van der Waals surface area contributed by atoms with Crippen LogP contribution >= 0.6 is 11.3 Å². The molecule has 0 fully saturated rings. The Bertz CT molecular complexity index is 871. The minimum Gasteiger partial charge on any atom is -0.489 e. The number of carbonyl (C=O) groups is 1. The highest BCUT2D eigenvalue weighted by atomic mass is 32.1. The first kappa shape index (κ1) is 18.2. The van der Waals surface area contributed by atoms with Crippen LogP contribution in [0, 0.1) is 13.8 Å². The largest absolute Gasteiger partial charge is 0.489 e. The number of rotatable bonds is 7. The fourth-order valence-corrected chi connectivity index (χ4v) is 3.56. The Balaban J connectivity index is 1.49. The molecule has 1 amide bonds. The van der Waals surface area contributed by atoms with E-state index < -0.39 is 0 Å². The summed E-state index contributed by atoms with van der Waals surface area (Å²) >= 11 is 1.45. The van der Waals surface area contributed by atoms with Gasteiger partial charge in [-0.15, -0.1) is 11.3 Å². The van der Waals surface area contributed by atoms with Crippen molar-refractivity contribution in [3.63, 3.8) is 0 Å². The number of hydrogen-bond acceptors (Lipinski definition) is 3. The molecule has 0 atom stereocenters. The zero-order valence-corrected chi connectivity index (χ0v) is 15.9. The second-order valence-electron chi connectivity index (χ2n) is 6.37. The van der Waals surface area contributed by atoms with Crippen LogP contribution in [0.15, 0.2) is 60.0 Å². The SMILES string of the molecule is Cc1ccc(OCc2csc(C(=O)NCCc3ccccc3)c2)c(C)c1. The van der Waals surface area contributed by atoms with Gasteiger partial charge in [-0.05, 0) is 48.9 Å². The first-order valence-corrected chi connectivity index (χ1v) is 9.59. The summed E-state index contributed by atoms with van der Waals surface area (Å²) in [5, 5.41) is 4.96. The van der Waals surface area contributed by atoms with E-state index in [1.165, 1.54) is 22.5 Å². The highest BCUT2D eigenvalue weighted by Gasteiger charge is 2.09. The van der Waals surface area contributed by atoms with Gasteiger partial charge in [-0.25, -0.2) is 0 Å². The van der Waals surface area contributed by atoms with Gasteiger partial charge in [-0.2, -0.15) is 0 Å². The smallest absolute Gasteiger partial charge is 0.261 e. The minimum atomic E-state index is -0.0244. The molecule has 4 heteroatoms. The molecule has 0 radical (unpaired) electrons. The maximum Gasteiger partial charge on any atom is 0.261 e. The highest BCUT2D eigenvalue weighted by molar-refractivity contribution is 7.12. The normalized spacial score (nSPS) is 10.5. The van der Waals surface area contributed by atoms with Gasteiger partial charge in [0.1, 0.15) is 12.4 Å². The van der Waals surface area contributed by atoms with Crippen molar-refractivity contribution in [2.75, 3.05) is 6.54 Å².